The lowest BCUT2D eigenvalue weighted by molar-refractivity contribution is -0.141. The fourth-order valence-corrected chi connectivity index (χ4v) is 1.17. The standard InChI is InChI=1S/C7H2Cl2F3NO2/c8-4-2(6(14)15)1-3(7(10,11)12)13-5(4)9/h1H,(H,14,15). The molecule has 0 saturated heterocycles. The number of carboxylic acids is 1. The van der Waals surface area contributed by atoms with Crippen LogP contribution in [-0.4, -0.2) is 16.1 Å². The minimum absolute atomic E-state index is 0.330. The third kappa shape index (κ3) is 2.51. The van der Waals surface area contributed by atoms with E-state index >= 15 is 0 Å². The number of alkyl halides is 3. The molecule has 1 N–H and O–H groups in total. The Morgan fingerprint density at radius 3 is 2.33 bits per heavy atom. The molecule has 3 nitrogen and oxygen atoms in total. The van der Waals surface area contributed by atoms with Crippen LogP contribution >= 0.6 is 23.2 Å². The smallest absolute Gasteiger partial charge is 0.433 e. The molecule has 1 aromatic heterocycles. The molecule has 1 heterocycles. The second-order valence-corrected chi connectivity index (χ2v) is 3.20. The third-order valence-corrected chi connectivity index (χ3v) is 2.19. The Morgan fingerprint density at radius 2 is 1.93 bits per heavy atom. The van der Waals surface area contributed by atoms with Crippen molar-refractivity contribution in [3.63, 3.8) is 0 Å². The predicted molar refractivity (Wildman–Crippen MR) is 46.2 cm³/mol. The van der Waals surface area contributed by atoms with E-state index in [9.17, 15) is 18.0 Å². The lowest BCUT2D eigenvalue weighted by atomic mass is 10.2. The maximum Gasteiger partial charge on any atom is 0.433 e. The minimum atomic E-state index is -4.77. The first kappa shape index (κ1) is 12.1. The SMILES string of the molecule is O=C(O)c1cc(C(F)(F)F)nc(Cl)c1Cl. The summed E-state index contributed by atoms with van der Waals surface area (Å²) in [4.78, 5) is 13.4. The summed E-state index contributed by atoms with van der Waals surface area (Å²) in [7, 11) is 0. The molecule has 0 aromatic carbocycles. The molecule has 0 unspecified atom stereocenters. The van der Waals surface area contributed by atoms with Crippen LogP contribution < -0.4 is 0 Å². The van der Waals surface area contributed by atoms with Crippen molar-refractivity contribution in [3.8, 4) is 0 Å². The fraction of sp³-hybridized carbons (Fsp3) is 0.143. The van der Waals surface area contributed by atoms with Crippen LogP contribution in [0.4, 0.5) is 13.2 Å². The molecule has 15 heavy (non-hydrogen) atoms. The lowest BCUT2D eigenvalue weighted by Crippen LogP contribution is -2.11. The molecule has 1 rings (SSSR count). The van der Waals surface area contributed by atoms with Gasteiger partial charge in [0.2, 0.25) is 0 Å². The van der Waals surface area contributed by atoms with Gasteiger partial charge in [0, 0.05) is 0 Å². The van der Waals surface area contributed by atoms with Gasteiger partial charge in [-0.2, -0.15) is 13.2 Å². The zero-order valence-corrected chi connectivity index (χ0v) is 8.28. The summed E-state index contributed by atoms with van der Waals surface area (Å²) in [6, 6.07) is 0.330. The Bertz CT molecular complexity index is 419. The van der Waals surface area contributed by atoms with Crippen molar-refractivity contribution >= 4 is 29.2 Å². The van der Waals surface area contributed by atoms with Crippen molar-refractivity contribution in [3.05, 3.63) is 27.5 Å². The molecule has 0 radical (unpaired) electrons. The summed E-state index contributed by atoms with van der Waals surface area (Å²) in [6.45, 7) is 0. The highest BCUT2D eigenvalue weighted by atomic mass is 35.5. The first-order valence-electron chi connectivity index (χ1n) is 3.40. The van der Waals surface area contributed by atoms with Crippen LogP contribution in [-0.2, 0) is 6.18 Å². The fourth-order valence-electron chi connectivity index (χ4n) is 0.799. The number of carboxylic acid groups (broad SMARTS) is 1. The van der Waals surface area contributed by atoms with Crippen LogP contribution in [0.3, 0.4) is 0 Å². The average molecular weight is 260 g/mol. The van der Waals surface area contributed by atoms with E-state index in [1.54, 1.807) is 0 Å². The maximum atomic E-state index is 12.2. The van der Waals surface area contributed by atoms with Crippen LogP contribution in [0.15, 0.2) is 6.07 Å². The Hall–Kier alpha value is -1.01. The normalized spacial score (nSPS) is 11.5. The second kappa shape index (κ2) is 3.86. The van der Waals surface area contributed by atoms with E-state index in [2.05, 4.69) is 4.98 Å². The third-order valence-electron chi connectivity index (χ3n) is 1.44. The zero-order valence-electron chi connectivity index (χ0n) is 6.77. The maximum absolute atomic E-state index is 12.2. The summed E-state index contributed by atoms with van der Waals surface area (Å²) in [5, 5.41) is 7.33. The van der Waals surface area contributed by atoms with E-state index in [-0.39, 0.29) is 0 Å². The summed E-state index contributed by atoms with van der Waals surface area (Å²) < 4.78 is 36.6. The van der Waals surface area contributed by atoms with Gasteiger partial charge < -0.3 is 5.11 Å². The topological polar surface area (TPSA) is 50.2 Å². The lowest BCUT2D eigenvalue weighted by Gasteiger charge is -2.08. The number of hydrogen-bond donors (Lipinski definition) is 1. The van der Waals surface area contributed by atoms with Gasteiger partial charge in [0.15, 0.2) is 0 Å². The van der Waals surface area contributed by atoms with Crippen molar-refractivity contribution in [2.75, 3.05) is 0 Å². The highest BCUT2D eigenvalue weighted by Crippen LogP contribution is 2.33. The second-order valence-electron chi connectivity index (χ2n) is 2.46. The number of halogens is 5. The summed E-state index contributed by atoms with van der Waals surface area (Å²) in [5.41, 5.74) is -2.13. The van der Waals surface area contributed by atoms with Gasteiger partial charge in [0.1, 0.15) is 10.8 Å². The molecular formula is C7H2Cl2F3NO2. The van der Waals surface area contributed by atoms with Crippen LogP contribution in [0.2, 0.25) is 10.2 Å². The van der Waals surface area contributed by atoms with Crippen molar-refractivity contribution in [2.24, 2.45) is 0 Å². The Labute approximate surface area is 91.4 Å². The van der Waals surface area contributed by atoms with Crippen LogP contribution in [0, 0.1) is 0 Å². The van der Waals surface area contributed by atoms with Crippen molar-refractivity contribution in [1.29, 1.82) is 0 Å². The molecule has 0 saturated carbocycles. The molecule has 0 atom stereocenters. The summed E-state index contributed by atoms with van der Waals surface area (Å²) in [6.07, 6.45) is -4.77. The van der Waals surface area contributed by atoms with Crippen LogP contribution in [0.5, 0.6) is 0 Å². The van der Waals surface area contributed by atoms with E-state index < -0.39 is 33.6 Å². The highest BCUT2D eigenvalue weighted by Gasteiger charge is 2.34. The van der Waals surface area contributed by atoms with Gasteiger partial charge in [0.05, 0.1) is 10.6 Å². The largest absolute Gasteiger partial charge is 0.478 e. The van der Waals surface area contributed by atoms with Gasteiger partial charge in [-0.15, -0.1) is 0 Å². The van der Waals surface area contributed by atoms with Gasteiger partial charge in [-0.25, -0.2) is 9.78 Å². The van der Waals surface area contributed by atoms with Crippen LogP contribution in [0.25, 0.3) is 0 Å². The average Bonchev–Trinajstić information content (AvgIpc) is 2.06. The van der Waals surface area contributed by atoms with Crippen molar-refractivity contribution < 1.29 is 23.1 Å². The quantitative estimate of drug-likeness (QED) is 0.789. The molecule has 0 aliphatic carbocycles. The molecular weight excluding hydrogens is 258 g/mol. The molecule has 0 spiro atoms. The molecule has 82 valence electrons. The number of aromatic nitrogens is 1. The van der Waals surface area contributed by atoms with Crippen molar-refractivity contribution in [2.45, 2.75) is 6.18 Å². The Kier molecular flexibility index (Phi) is 3.11. The number of aromatic carboxylic acids is 1. The summed E-state index contributed by atoms with van der Waals surface area (Å²) in [5.74, 6) is -1.60. The van der Waals surface area contributed by atoms with E-state index in [1.165, 1.54) is 0 Å². The van der Waals surface area contributed by atoms with Crippen molar-refractivity contribution in [1.82, 2.24) is 4.98 Å². The zero-order chi connectivity index (χ0) is 11.8. The van der Waals surface area contributed by atoms with Gasteiger partial charge in [-0.3, -0.25) is 0 Å². The van der Waals surface area contributed by atoms with Crippen LogP contribution in [0.1, 0.15) is 16.1 Å². The molecule has 0 aliphatic heterocycles. The van der Waals surface area contributed by atoms with E-state index in [4.69, 9.17) is 28.3 Å². The molecule has 8 heteroatoms. The Balaban J connectivity index is 3.43. The first-order valence-corrected chi connectivity index (χ1v) is 4.15. The molecule has 0 aliphatic rings. The first-order chi connectivity index (χ1) is 6.73. The molecule has 1 aromatic rings. The summed E-state index contributed by atoms with van der Waals surface area (Å²) >= 11 is 10.6. The number of rotatable bonds is 1. The van der Waals surface area contributed by atoms with Gasteiger partial charge in [-0.05, 0) is 6.07 Å². The molecule has 0 fully saturated rings. The van der Waals surface area contributed by atoms with Gasteiger partial charge in [-0.1, -0.05) is 23.2 Å². The number of pyridine rings is 1. The Morgan fingerprint density at radius 1 is 1.40 bits per heavy atom. The van der Waals surface area contributed by atoms with Gasteiger partial charge in [0.25, 0.3) is 0 Å². The monoisotopic (exact) mass is 259 g/mol. The van der Waals surface area contributed by atoms with E-state index in [0.717, 1.165) is 0 Å². The predicted octanol–water partition coefficient (Wildman–Crippen LogP) is 3.11. The van der Waals surface area contributed by atoms with Gasteiger partial charge >= 0.3 is 12.1 Å². The van der Waals surface area contributed by atoms with E-state index in [1.807, 2.05) is 0 Å². The molecule has 0 amide bonds. The highest BCUT2D eigenvalue weighted by molar-refractivity contribution is 6.42. The molecule has 0 bridgehead atoms. The number of carbonyl (C=O) groups is 1. The number of nitrogens with zero attached hydrogens (tertiary/aromatic N) is 1. The number of hydrogen-bond acceptors (Lipinski definition) is 2. The minimum Gasteiger partial charge on any atom is -0.478 e. The van der Waals surface area contributed by atoms with E-state index in [0.29, 0.717) is 6.07 Å².